The lowest BCUT2D eigenvalue weighted by Crippen LogP contribution is -2.28. The van der Waals surface area contributed by atoms with Crippen molar-refractivity contribution in [2.24, 2.45) is 0 Å². The van der Waals surface area contributed by atoms with Crippen LogP contribution in [-0.2, 0) is 22.6 Å². The van der Waals surface area contributed by atoms with Gasteiger partial charge in [0, 0.05) is 24.2 Å². The van der Waals surface area contributed by atoms with Crippen LogP contribution < -0.4 is 0 Å². The van der Waals surface area contributed by atoms with E-state index in [0.717, 1.165) is 38.9 Å². The molecule has 0 bridgehead atoms. The molecule has 4 rings (SSSR count). The summed E-state index contributed by atoms with van der Waals surface area (Å²) in [6, 6.07) is 12.5. The average Bonchev–Trinajstić information content (AvgIpc) is 3.27. The third kappa shape index (κ3) is 5.16. The minimum Gasteiger partial charge on any atom is -0.479 e. The van der Waals surface area contributed by atoms with Crippen LogP contribution in [0.5, 0.6) is 0 Å². The van der Waals surface area contributed by atoms with E-state index >= 15 is 0 Å². The molecule has 37 heavy (non-hydrogen) atoms. The average molecular weight is 504 g/mol. The molecule has 1 N–H and O–H groups in total. The highest BCUT2D eigenvalue weighted by Gasteiger charge is 2.36. The van der Waals surface area contributed by atoms with Gasteiger partial charge in [-0.2, -0.15) is 0 Å². The number of fused-ring (bicyclic) bond motifs is 1. The summed E-state index contributed by atoms with van der Waals surface area (Å²) in [5.41, 5.74) is 7.18. The number of rotatable bonds is 5. The number of hydrogen-bond donors (Lipinski definition) is 1. The Morgan fingerprint density at radius 3 is 2.08 bits per heavy atom. The fraction of sp³-hybridized carbons (Fsp3) is 0.355. The Morgan fingerprint density at radius 2 is 1.54 bits per heavy atom. The molecule has 1 aliphatic heterocycles. The van der Waals surface area contributed by atoms with E-state index < -0.39 is 23.5 Å². The van der Waals surface area contributed by atoms with Gasteiger partial charge in [-0.05, 0) is 99.5 Å². The minimum absolute atomic E-state index is 0.256. The molecule has 6 heteroatoms. The second kappa shape index (κ2) is 9.75. The van der Waals surface area contributed by atoms with Crippen molar-refractivity contribution in [2.45, 2.75) is 73.3 Å². The molecule has 1 heterocycles. The number of ether oxygens (including phenoxy) is 1. The number of aryl methyl sites for hydroxylation is 2. The lowest BCUT2D eigenvalue weighted by molar-refractivity contribution is -0.160. The molecule has 0 aromatic heterocycles. The van der Waals surface area contributed by atoms with Gasteiger partial charge in [0.25, 0.3) is 5.91 Å². The van der Waals surface area contributed by atoms with Crippen molar-refractivity contribution in [2.75, 3.05) is 0 Å². The highest BCUT2D eigenvalue weighted by Crippen LogP contribution is 2.44. The zero-order valence-corrected chi connectivity index (χ0v) is 22.5. The quantitative estimate of drug-likeness (QED) is 0.415. The highest BCUT2D eigenvalue weighted by atomic mass is 19.1. The summed E-state index contributed by atoms with van der Waals surface area (Å²) in [5.74, 6) is -1.73. The molecule has 5 nitrogen and oxygen atoms in total. The zero-order valence-electron chi connectivity index (χ0n) is 22.5. The van der Waals surface area contributed by atoms with Gasteiger partial charge in [-0.3, -0.25) is 4.79 Å². The number of carbonyl (C=O) groups excluding carboxylic acids is 1. The molecule has 0 fully saturated rings. The van der Waals surface area contributed by atoms with E-state index in [1.54, 1.807) is 24.0 Å². The molecule has 0 radical (unpaired) electrons. The van der Waals surface area contributed by atoms with Gasteiger partial charge in [0.15, 0.2) is 6.10 Å². The van der Waals surface area contributed by atoms with Crippen molar-refractivity contribution >= 4 is 11.9 Å². The first kappa shape index (κ1) is 26.6. The van der Waals surface area contributed by atoms with E-state index in [1.807, 2.05) is 65.8 Å². The maximum atomic E-state index is 14.2. The normalized spacial score (nSPS) is 14.0. The molecule has 0 aliphatic carbocycles. The SMILES string of the molecule is Cc1ccc(-c2c(C)c3c(c(C)c2C(OC(C)(C)C)C(=O)O)CN(C(=O)c2ccc(C)c(F)c2)C3)cc1. The molecule has 194 valence electrons. The first-order valence-electron chi connectivity index (χ1n) is 12.5. The number of hydrogen-bond acceptors (Lipinski definition) is 3. The summed E-state index contributed by atoms with van der Waals surface area (Å²) in [6.07, 6.45) is -1.18. The molecule has 3 aromatic rings. The molecule has 1 aliphatic rings. The van der Waals surface area contributed by atoms with Crippen LogP contribution in [0.2, 0.25) is 0 Å². The van der Waals surface area contributed by atoms with Crippen molar-refractivity contribution in [1.29, 1.82) is 0 Å². The van der Waals surface area contributed by atoms with E-state index in [4.69, 9.17) is 4.74 Å². The van der Waals surface area contributed by atoms with Crippen molar-refractivity contribution in [3.05, 3.63) is 92.8 Å². The Bertz CT molecular complexity index is 1390. The first-order valence-corrected chi connectivity index (χ1v) is 12.5. The topological polar surface area (TPSA) is 66.8 Å². The van der Waals surface area contributed by atoms with Gasteiger partial charge in [0.1, 0.15) is 5.82 Å². The van der Waals surface area contributed by atoms with Crippen LogP contribution in [0.1, 0.15) is 76.2 Å². The van der Waals surface area contributed by atoms with Crippen molar-refractivity contribution < 1.29 is 23.8 Å². The Labute approximate surface area is 217 Å². The maximum Gasteiger partial charge on any atom is 0.337 e. The van der Waals surface area contributed by atoms with Crippen LogP contribution >= 0.6 is 0 Å². The Kier molecular flexibility index (Phi) is 6.99. The largest absolute Gasteiger partial charge is 0.479 e. The Balaban J connectivity index is 1.88. The summed E-state index contributed by atoms with van der Waals surface area (Å²) in [6.45, 7) is 13.8. The zero-order chi connectivity index (χ0) is 27.2. The molecule has 0 spiro atoms. The second-order valence-corrected chi connectivity index (χ2v) is 10.9. The smallest absolute Gasteiger partial charge is 0.337 e. The van der Waals surface area contributed by atoms with Gasteiger partial charge in [-0.15, -0.1) is 0 Å². The standard InChI is InChI=1S/C31H34FNO4/c1-17-8-11-21(12-9-17)26-19(3)23-15-33(29(34)22-13-10-18(2)25(32)14-22)16-24(23)20(4)27(26)28(30(35)36)37-31(5,6)7/h8-14,28H,15-16H2,1-7H3,(H,35,36). The van der Waals surface area contributed by atoms with Crippen molar-refractivity contribution in [3.63, 3.8) is 0 Å². The highest BCUT2D eigenvalue weighted by molar-refractivity contribution is 5.95. The monoisotopic (exact) mass is 503 g/mol. The minimum atomic E-state index is -1.18. The first-order chi connectivity index (χ1) is 17.3. The van der Waals surface area contributed by atoms with Gasteiger partial charge in [-0.1, -0.05) is 35.9 Å². The van der Waals surface area contributed by atoms with Crippen LogP contribution in [-0.4, -0.2) is 27.5 Å². The van der Waals surface area contributed by atoms with Gasteiger partial charge in [0.05, 0.1) is 5.60 Å². The van der Waals surface area contributed by atoms with Gasteiger partial charge in [-0.25, -0.2) is 9.18 Å². The summed E-state index contributed by atoms with van der Waals surface area (Å²) in [4.78, 5) is 27.6. The molecule has 1 atom stereocenters. The predicted octanol–water partition coefficient (Wildman–Crippen LogP) is 6.82. The van der Waals surface area contributed by atoms with E-state index in [9.17, 15) is 19.1 Å². The summed E-state index contributed by atoms with van der Waals surface area (Å²) in [5, 5.41) is 10.3. The number of benzene rings is 3. The summed E-state index contributed by atoms with van der Waals surface area (Å²) >= 11 is 0. The third-order valence-corrected chi connectivity index (χ3v) is 7.02. The number of carbonyl (C=O) groups is 2. The van der Waals surface area contributed by atoms with E-state index in [0.29, 0.717) is 29.8 Å². The molecule has 0 saturated carbocycles. The van der Waals surface area contributed by atoms with Gasteiger partial charge < -0.3 is 14.7 Å². The number of carboxylic acids is 1. The summed E-state index contributed by atoms with van der Waals surface area (Å²) < 4.78 is 20.3. The van der Waals surface area contributed by atoms with Crippen molar-refractivity contribution in [1.82, 2.24) is 4.90 Å². The lowest BCUT2D eigenvalue weighted by atomic mass is 9.83. The van der Waals surface area contributed by atoms with Gasteiger partial charge >= 0.3 is 5.97 Å². The van der Waals surface area contributed by atoms with E-state index in [-0.39, 0.29) is 5.91 Å². The third-order valence-electron chi connectivity index (χ3n) is 7.02. The number of halogens is 1. The molecular weight excluding hydrogens is 469 g/mol. The fourth-order valence-electron chi connectivity index (χ4n) is 5.08. The maximum absolute atomic E-state index is 14.2. The summed E-state index contributed by atoms with van der Waals surface area (Å²) in [7, 11) is 0. The Morgan fingerprint density at radius 1 is 0.946 bits per heavy atom. The molecular formula is C31H34FNO4. The van der Waals surface area contributed by atoms with Crippen LogP contribution in [0.25, 0.3) is 11.1 Å². The number of carboxylic acid groups (broad SMARTS) is 1. The van der Waals surface area contributed by atoms with Crippen molar-refractivity contribution in [3.8, 4) is 11.1 Å². The number of aliphatic carboxylic acids is 1. The van der Waals surface area contributed by atoms with E-state index in [2.05, 4.69) is 0 Å². The molecule has 1 unspecified atom stereocenters. The van der Waals surface area contributed by atoms with Crippen LogP contribution in [0.15, 0.2) is 42.5 Å². The predicted molar refractivity (Wildman–Crippen MR) is 142 cm³/mol. The number of nitrogens with zero attached hydrogens (tertiary/aromatic N) is 1. The Hall–Kier alpha value is -3.51. The van der Waals surface area contributed by atoms with Crippen LogP contribution in [0.3, 0.4) is 0 Å². The number of amides is 1. The van der Waals surface area contributed by atoms with Crippen LogP contribution in [0, 0.1) is 33.5 Å². The molecule has 1 amide bonds. The lowest BCUT2D eigenvalue weighted by Gasteiger charge is -2.29. The second-order valence-electron chi connectivity index (χ2n) is 10.9. The molecule has 3 aromatic carbocycles. The van der Waals surface area contributed by atoms with E-state index in [1.165, 1.54) is 6.07 Å². The fourth-order valence-corrected chi connectivity index (χ4v) is 5.08. The van der Waals surface area contributed by atoms with Gasteiger partial charge in [0.2, 0.25) is 0 Å². The van der Waals surface area contributed by atoms with Crippen LogP contribution in [0.4, 0.5) is 4.39 Å². The molecule has 0 saturated heterocycles.